The summed E-state index contributed by atoms with van der Waals surface area (Å²) in [5.74, 6) is 0.567. The van der Waals surface area contributed by atoms with Crippen molar-refractivity contribution in [3.8, 4) is 11.5 Å². The number of hydrogen-bond acceptors (Lipinski definition) is 5. The van der Waals surface area contributed by atoms with Crippen LogP contribution in [0.3, 0.4) is 0 Å². The third-order valence-corrected chi connectivity index (χ3v) is 6.43. The molecule has 2 aromatic heterocycles. The number of rotatable bonds is 3. The van der Waals surface area contributed by atoms with E-state index in [-0.39, 0.29) is 10.6 Å². The van der Waals surface area contributed by atoms with Crippen LogP contribution in [0.4, 0.5) is 0 Å². The molecule has 0 fully saturated rings. The lowest BCUT2D eigenvalue weighted by Gasteiger charge is -1.99. The van der Waals surface area contributed by atoms with E-state index in [2.05, 4.69) is 11.1 Å². The van der Waals surface area contributed by atoms with E-state index in [0.29, 0.717) is 17.0 Å². The minimum Gasteiger partial charge on any atom is -0.436 e. The molecule has 4 nitrogen and oxygen atoms in total. The van der Waals surface area contributed by atoms with Crippen LogP contribution in [0.5, 0.6) is 0 Å². The Balaban J connectivity index is 1.85. The Morgan fingerprint density at radius 2 is 2.00 bits per heavy atom. The van der Waals surface area contributed by atoms with Crippen molar-refractivity contribution in [2.45, 2.75) is 11.8 Å². The van der Waals surface area contributed by atoms with E-state index in [9.17, 15) is 8.42 Å². The van der Waals surface area contributed by atoms with E-state index in [1.54, 1.807) is 36.5 Å². The van der Waals surface area contributed by atoms with Gasteiger partial charge in [-0.3, -0.25) is 0 Å². The molecular weight excluding hydrogens is 330 g/mol. The zero-order valence-corrected chi connectivity index (χ0v) is 13.9. The highest BCUT2D eigenvalue weighted by atomic mass is 32.2. The summed E-state index contributed by atoms with van der Waals surface area (Å²) in [5.41, 5.74) is 2.02. The Morgan fingerprint density at radius 1 is 1.13 bits per heavy atom. The number of aromatic nitrogens is 1. The van der Waals surface area contributed by atoms with Crippen LogP contribution in [-0.2, 0) is 9.84 Å². The molecule has 0 N–H and O–H groups in total. The number of sulfone groups is 1. The molecule has 0 amide bonds. The normalized spacial score (nSPS) is 12.2. The number of benzene rings is 2. The van der Waals surface area contributed by atoms with E-state index < -0.39 is 9.84 Å². The summed E-state index contributed by atoms with van der Waals surface area (Å²) in [4.78, 5) is 4.73. The van der Waals surface area contributed by atoms with Crippen molar-refractivity contribution in [3.63, 3.8) is 0 Å². The fourth-order valence-corrected chi connectivity index (χ4v) is 4.16. The minimum atomic E-state index is -3.25. The van der Waals surface area contributed by atoms with Gasteiger partial charge in [-0.15, -0.1) is 11.3 Å². The average Bonchev–Trinajstić information content (AvgIpc) is 3.19. The van der Waals surface area contributed by atoms with Crippen LogP contribution in [0, 0.1) is 0 Å². The molecule has 4 aromatic rings. The van der Waals surface area contributed by atoms with Gasteiger partial charge in [-0.25, -0.2) is 13.4 Å². The average molecular weight is 343 g/mol. The van der Waals surface area contributed by atoms with E-state index >= 15 is 0 Å². The quantitative estimate of drug-likeness (QED) is 0.549. The second-order valence-corrected chi connectivity index (χ2v) is 8.45. The summed E-state index contributed by atoms with van der Waals surface area (Å²) in [5, 5.41) is 3.19. The predicted molar refractivity (Wildman–Crippen MR) is 92.6 cm³/mol. The highest BCUT2D eigenvalue weighted by Crippen LogP contribution is 2.30. The topological polar surface area (TPSA) is 60.2 Å². The zero-order valence-electron chi connectivity index (χ0n) is 12.3. The van der Waals surface area contributed by atoms with Gasteiger partial charge in [-0.1, -0.05) is 6.92 Å². The molecule has 0 unspecified atom stereocenters. The Kier molecular flexibility index (Phi) is 3.25. The minimum absolute atomic E-state index is 0.0675. The molecule has 116 valence electrons. The standard InChI is InChI=1S/C17H13NO3S2/c1-2-23(19,20)13-4-5-15-14(10-13)18-17(21-15)12-3-6-16-11(9-12)7-8-22-16/h3-10H,2H2,1H3. The van der Waals surface area contributed by atoms with Gasteiger partial charge in [0.1, 0.15) is 5.52 Å². The lowest BCUT2D eigenvalue weighted by Crippen LogP contribution is -2.03. The molecule has 0 saturated heterocycles. The number of hydrogen-bond donors (Lipinski definition) is 0. The maximum absolute atomic E-state index is 12.0. The highest BCUT2D eigenvalue weighted by Gasteiger charge is 2.15. The molecule has 2 aromatic carbocycles. The van der Waals surface area contributed by atoms with Gasteiger partial charge in [0.2, 0.25) is 5.89 Å². The van der Waals surface area contributed by atoms with Crippen LogP contribution in [0.15, 0.2) is 57.2 Å². The van der Waals surface area contributed by atoms with Crippen molar-refractivity contribution < 1.29 is 12.8 Å². The molecule has 0 saturated carbocycles. The third-order valence-electron chi connectivity index (χ3n) is 3.80. The summed E-state index contributed by atoms with van der Waals surface area (Å²) >= 11 is 1.69. The third kappa shape index (κ3) is 2.44. The van der Waals surface area contributed by atoms with Crippen molar-refractivity contribution >= 4 is 42.4 Å². The Hall–Kier alpha value is -2.18. The SMILES string of the molecule is CCS(=O)(=O)c1ccc2oc(-c3ccc4sccc4c3)nc2c1. The van der Waals surface area contributed by atoms with Crippen LogP contribution < -0.4 is 0 Å². The van der Waals surface area contributed by atoms with Crippen LogP contribution in [0.2, 0.25) is 0 Å². The van der Waals surface area contributed by atoms with Crippen molar-refractivity contribution in [3.05, 3.63) is 47.8 Å². The van der Waals surface area contributed by atoms with Gasteiger partial charge in [0.25, 0.3) is 0 Å². The van der Waals surface area contributed by atoms with E-state index in [4.69, 9.17) is 4.42 Å². The van der Waals surface area contributed by atoms with Crippen LogP contribution in [0.25, 0.3) is 32.6 Å². The van der Waals surface area contributed by atoms with E-state index in [0.717, 1.165) is 10.9 Å². The summed E-state index contributed by atoms with van der Waals surface area (Å²) in [6, 6.07) is 12.9. The molecule has 6 heteroatoms. The lowest BCUT2D eigenvalue weighted by atomic mass is 10.2. The molecule has 23 heavy (non-hydrogen) atoms. The fourth-order valence-electron chi connectivity index (χ4n) is 2.49. The number of oxazole rings is 1. The van der Waals surface area contributed by atoms with Crippen molar-refractivity contribution in [1.29, 1.82) is 0 Å². The van der Waals surface area contributed by atoms with Gasteiger partial charge in [-0.2, -0.15) is 0 Å². The molecule has 0 bridgehead atoms. The second-order valence-electron chi connectivity index (χ2n) is 5.23. The molecule has 0 radical (unpaired) electrons. The van der Waals surface area contributed by atoms with Crippen molar-refractivity contribution in [2.75, 3.05) is 5.75 Å². The van der Waals surface area contributed by atoms with Crippen LogP contribution >= 0.6 is 11.3 Å². The van der Waals surface area contributed by atoms with Crippen LogP contribution in [-0.4, -0.2) is 19.2 Å². The first-order valence-corrected chi connectivity index (χ1v) is 9.71. The monoisotopic (exact) mass is 343 g/mol. The van der Waals surface area contributed by atoms with Gasteiger partial charge in [0.15, 0.2) is 15.4 Å². The first kappa shape index (κ1) is 14.4. The van der Waals surface area contributed by atoms with E-state index in [1.165, 1.54) is 4.70 Å². The first-order chi connectivity index (χ1) is 11.1. The summed E-state index contributed by atoms with van der Waals surface area (Å²) in [7, 11) is -3.25. The van der Waals surface area contributed by atoms with Gasteiger partial charge in [0.05, 0.1) is 10.6 Å². The smallest absolute Gasteiger partial charge is 0.227 e. The molecule has 0 aliphatic rings. The molecule has 0 spiro atoms. The molecule has 0 aliphatic heterocycles. The van der Waals surface area contributed by atoms with Gasteiger partial charge >= 0.3 is 0 Å². The van der Waals surface area contributed by atoms with Crippen LogP contribution in [0.1, 0.15) is 6.92 Å². The first-order valence-electron chi connectivity index (χ1n) is 7.18. The summed E-state index contributed by atoms with van der Waals surface area (Å²) in [6.07, 6.45) is 0. The Bertz CT molecular complexity index is 1120. The number of nitrogens with zero attached hydrogens (tertiary/aromatic N) is 1. The molecule has 0 aliphatic carbocycles. The molecule has 2 heterocycles. The van der Waals surface area contributed by atoms with Gasteiger partial charge in [0, 0.05) is 10.3 Å². The second kappa shape index (κ2) is 5.18. The maximum atomic E-state index is 12.0. The summed E-state index contributed by atoms with van der Waals surface area (Å²) in [6.45, 7) is 1.63. The largest absolute Gasteiger partial charge is 0.436 e. The fraction of sp³-hybridized carbons (Fsp3) is 0.118. The van der Waals surface area contributed by atoms with Crippen molar-refractivity contribution in [1.82, 2.24) is 4.98 Å². The molecule has 0 atom stereocenters. The Morgan fingerprint density at radius 3 is 2.83 bits per heavy atom. The number of fused-ring (bicyclic) bond motifs is 2. The van der Waals surface area contributed by atoms with Gasteiger partial charge in [-0.05, 0) is 53.2 Å². The van der Waals surface area contributed by atoms with Gasteiger partial charge < -0.3 is 4.42 Å². The zero-order chi connectivity index (χ0) is 16.0. The highest BCUT2D eigenvalue weighted by molar-refractivity contribution is 7.91. The van der Waals surface area contributed by atoms with E-state index in [1.807, 2.05) is 23.6 Å². The predicted octanol–water partition coefficient (Wildman–Crippen LogP) is 4.50. The maximum Gasteiger partial charge on any atom is 0.227 e. The van der Waals surface area contributed by atoms with Crippen molar-refractivity contribution in [2.24, 2.45) is 0 Å². The molecule has 4 rings (SSSR count). The lowest BCUT2D eigenvalue weighted by molar-refractivity contribution is 0.597. The Labute approximate surface area is 137 Å². The number of thiophene rings is 1. The molecular formula is C17H13NO3S2. The summed E-state index contributed by atoms with van der Waals surface area (Å²) < 4.78 is 30.9.